The van der Waals surface area contributed by atoms with Gasteiger partial charge in [0.15, 0.2) is 5.13 Å². The highest BCUT2D eigenvalue weighted by Gasteiger charge is 2.24. The van der Waals surface area contributed by atoms with E-state index in [9.17, 15) is 9.59 Å². The fraction of sp³-hybridized carbons (Fsp3) is 0.455. The van der Waals surface area contributed by atoms with Gasteiger partial charge >= 0.3 is 5.97 Å². The Bertz CT molecular complexity index is 542. The monoisotopic (exact) mass is 298 g/mol. The van der Waals surface area contributed by atoms with Gasteiger partial charge in [0.25, 0.3) is 5.91 Å². The molecular weight excluding hydrogens is 284 g/mol. The van der Waals surface area contributed by atoms with Crippen molar-refractivity contribution in [1.82, 2.24) is 10.0 Å². The largest absolute Gasteiger partial charge is 0.461 e. The molecule has 0 spiro atoms. The summed E-state index contributed by atoms with van der Waals surface area (Å²) >= 11 is 1.17. The molecule has 20 heavy (non-hydrogen) atoms. The van der Waals surface area contributed by atoms with Crippen LogP contribution in [0.25, 0.3) is 0 Å². The third-order valence-electron chi connectivity index (χ3n) is 2.49. The highest BCUT2D eigenvalue weighted by molar-refractivity contribution is 7.13. The van der Waals surface area contributed by atoms with E-state index >= 15 is 0 Å². The number of aromatic nitrogens is 1. The molecule has 0 radical (unpaired) electrons. The van der Waals surface area contributed by atoms with Crippen LogP contribution in [0.1, 0.15) is 25.5 Å². The van der Waals surface area contributed by atoms with Gasteiger partial charge in [-0.2, -0.15) is 0 Å². The van der Waals surface area contributed by atoms with E-state index in [0.717, 1.165) is 5.06 Å². The van der Waals surface area contributed by atoms with Crippen molar-refractivity contribution < 1.29 is 19.3 Å². The van der Waals surface area contributed by atoms with Crippen LogP contribution in [-0.2, 0) is 19.3 Å². The quantitative estimate of drug-likeness (QED) is 0.483. The van der Waals surface area contributed by atoms with Gasteiger partial charge in [-0.25, -0.2) is 9.78 Å². The molecule has 0 saturated carbocycles. The number of rotatable bonds is 5. The fourth-order valence-corrected chi connectivity index (χ4v) is 2.13. The minimum absolute atomic E-state index is 0.112. The second kappa shape index (κ2) is 6.33. The Morgan fingerprint density at radius 2 is 2.45 bits per heavy atom. The maximum Gasteiger partial charge on any atom is 0.362 e. The van der Waals surface area contributed by atoms with Gasteiger partial charge in [-0.3, -0.25) is 9.73 Å². The number of carbonyl (C=O) groups is 2. The number of hydrogen-bond acceptors (Lipinski definition) is 8. The molecule has 0 bridgehead atoms. The van der Waals surface area contributed by atoms with Gasteiger partial charge in [-0.15, -0.1) is 16.4 Å². The summed E-state index contributed by atoms with van der Waals surface area (Å²) in [5, 5.41) is 6.67. The molecule has 1 aromatic rings. The molecule has 1 amide bonds. The van der Waals surface area contributed by atoms with Gasteiger partial charge in [0.2, 0.25) is 5.71 Å². The lowest BCUT2D eigenvalue weighted by atomic mass is 10.3. The molecule has 8 nitrogen and oxygen atoms in total. The number of hydrogen-bond donors (Lipinski definition) is 1. The first-order valence-corrected chi connectivity index (χ1v) is 6.93. The summed E-state index contributed by atoms with van der Waals surface area (Å²) in [4.78, 5) is 32.2. The summed E-state index contributed by atoms with van der Waals surface area (Å²) in [6.45, 7) is 2.31. The predicted molar refractivity (Wildman–Crippen MR) is 71.7 cm³/mol. The Labute approximate surface area is 119 Å². The molecule has 1 aliphatic rings. The van der Waals surface area contributed by atoms with Crippen LogP contribution in [0.4, 0.5) is 5.13 Å². The number of thiazole rings is 1. The van der Waals surface area contributed by atoms with Crippen molar-refractivity contribution >= 4 is 34.1 Å². The molecule has 2 rings (SSSR count). The molecular formula is C11H14N4O4S. The molecule has 2 N–H and O–H groups in total. The molecule has 1 aromatic heterocycles. The Kier molecular flexibility index (Phi) is 4.51. The van der Waals surface area contributed by atoms with Crippen molar-refractivity contribution in [2.75, 3.05) is 18.9 Å². The van der Waals surface area contributed by atoms with Gasteiger partial charge in [-0.1, -0.05) is 0 Å². The Morgan fingerprint density at radius 3 is 3.00 bits per heavy atom. The molecule has 1 aliphatic heterocycles. The number of ether oxygens (including phenoxy) is 1. The van der Waals surface area contributed by atoms with Crippen LogP contribution < -0.4 is 5.73 Å². The topological polar surface area (TPSA) is 107 Å². The van der Waals surface area contributed by atoms with E-state index in [-0.39, 0.29) is 23.9 Å². The molecule has 9 heteroatoms. The first-order chi connectivity index (χ1) is 9.61. The highest BCUT2D eigenvalue weighted by atomic mass is 32.1. The number of oxime groups is 1. The minimum atomic E-state index is -0.676. The number of carbonyl (C=O) groups excluding carboxylic acids is 2. The zero-order valence-corrected chi connectivity index (χ0v) is 11.7. The van der Waals surface area contributed by atoms with Crippen LogP contribution >= 0.6 is 11.3 Å². The van der Waals surface area contributed by atoms with E-state index in [1.54, 1.807) is 12.3 Å². The number of nitrogen functional groups attached to an aromatic ring is 1. The summed E-state index contributed by atoms with van der Waals surface area (Å²) in [5.41, 5.74) is 5.68. The number of esters is 1. The zero-order valence-electron chi connectivity index (χ0n) is 10.9. The van der Waals surface area contributed by atoms with Crippen LogP contribution in [0.2, 0.25) is 0 Å². The third-order valence-corrected chi connectivity index (χ3v) is 3.17. The van der Waals surface area contributed by atoms with E-state index in [4.69, 9.17) is 15.4 Å². The lowest BCUT2D eigenvalue weighted by Gasteiger charge is -2.11. The van der Waals surface area contributed by atoms with Crippen molar-refractivity contribution in [3.63, 3.8) is 0 Å². The number of hydroxylamine groups is 2. The number of amides is 1. The number of nitrogens with two attached hydrogens (primary N) is 1. The Hall–Kier alpha value is -2.16. The maximum atomic E-state index is 11.8. The molecule has 0 aromatic carbocycles. The van der Waals surface area contributed by atoms with E-state index in [2.05, 4.69) is 10.1 Å². The minimum Gasteiger partial charge on any atom is -0.461 e. The van der Waals surface area contributed by atoms with Crippen molar-refractivity contribution in [2.45, 2.75) is 19.8 Å². The third kappa shape index (κ3) is 3.23. The van der Waals surface area contributed by atoms with E-state index in [0.29, 0.717) is 24.5 Å². The Morgan fingerprint density at radius 1 is 1.65 bits per heavy atom. The summed E-state index contributed by atoms with van der Waals surface area (Å²) < 4.78 is 4.88. The molecule has 108 valence electrons. The first-order valence-electron chi connectivity index (χ1n) is 6.05. The summed E-state index contributed by atoms with van der Waals surface area (Å²) in [6.07, 6.45) is 1.11. The van der Waals surface area contributed by atoms with Gasteiger partial charge in [0, 0.05) is 11.8 Å². The average molecular weight is 298 g/mol. The van der Waals surface area contributed by atoms with Crippen molar-refractivity contribution in [2.24, 2.45) is 5.16 Å². The zero-order chi connectivity index (χ0) is 14.5. The summed E-state index contributed by atoms with van der Waals surface area (Å²) in [5.74, 6) is -0.848. The van der Waals surface area contributed by atoms with Gasteiger partial charge in [0.05, 0.1) is 13.2 Å². The van der Waals surface area contributed by atoms with Gasteiger partial charge in [-0.05, 0) is 18.5 Å². The second-order valence-corrected chi connectivity index (χ2v) is 4.80. The molecule has 1 fully saturated rings. The summed E-state index contributed by atoms with van der Waals surface area (Å²) in [7, 11) is 0. The van der Waals surface area contributed by atoms with E-state index in [1.807, 2.05) is 0 Å². The lowest BCUT2D eigenvalue weighted by Crippen LogP contribution is -2.26. The van der Waals surface area contributed by atoms with Crippen molar-refractivity contribution in [3.8, 4) is 0 Å². The predicted octanol–water partition coefficient (Wildman–Crippen LogP) is 0.547. The molecule has 0 atom stereocenters. The molecule has 0 aliphatic carbocycles. The van der Waals surface area contributed by atoms with Crippen LogP contribution in [-0.4, -0.2) is 40.8 Å². The van der Waals surface area contributed by atoms with Crippen molar-refractivity contribution in [3.05, 3.63) is 11.1 Å². The lowest BCUT2D eigenvalue weighted by molar-refractivity contribution is -0.177. The molecule has 0 unspecified atom stereocenters. The van der Waals surface area contributed by atoms with Gasteiger partial charge < -0.3 is 10.5 Å². The summed E-state index contributed by atoms with van der Waals surface area (Å²) in [6, 6.07) is 0. The number of anilines is 1. The second-order valence-electron chi connectivity index (χ2n) is 3.91. The molecule has 1 saturated heterocycles. The van der Waals surface area contributed by atoms with Crippen LogP contribution in [0.3, 0.4) is 0 Å². The normalized spacial score (nSPS) is 15.6. The highest BCUT2D eigenvalue weighted by Crippen LogP contribution is 2.15. The van der Waals surface area contributed by atoms with Gasteiger partial charge in [0.1, 0.15) is 5.69 Å². The SMILES string of the molecule is CCOC(=O)C(=NON1CCCC1=O)c1csc(N)n1. The van der Waals surface area contributed by atoms with E-state index in [1.165, 1.54) is 11.3 Å². The van der Waals surface area contributed by atoms with Crippen molar-refractivity contribution in [1.29, 1.82) is 0 Å². The standard InChI is InChI=1S/C11H14N4O4S/c1-2-18-10(17)9(7-6-20-11(12)13-7)14-19-15-5-3-4-8(15)16/h6H,2-5H2,1H3,(H2,12,13). The van der Waals surface area contributed by atoms with Crippen LogP contribution in [0.15, 0.2) is 10.5 Å². The number of nitrogens with zero attached hydrogens (tertiary/aromatic N) is 3. The average Bonchev–Trinajstić information content (AvgIpc) is 3.00. The fourth-order valence-electron chi connectivity index (χ4n) is 1.58. The molecule has 2 heterocycles. The maximum absolute atomic E-state index is 11.8. The van der Waals surface area contributed by atoms with Crippen LogP contribution in [0, 0.1) is 0 Å². The Balaban J connectivity index is 2.17. The first kappa shape index (κ1) is 14.3. The van der Waals surface area contributed by atoms with E-state index < -0.39 is 5.97 Å². The van der Waals surface area contributed by atoms with Crippen LogP contribution in [0.5, 0.6) is 0 Å². The smallest absolute Gasteiger partial charge is 0.362 e.